The lowest BCUT2D eigenvalue weighted by molar-refractivity contribution is 0.353. The summed E-state index contributed by atoms with van der Waals surface area (Å²) in [6.07, 6.45) is 2.54. The highest BCUT2D eigenvalue weighted by atomic mass is 16.5. The largest absolute Gasteiger partial charge is 0.493 e. The number of fused-ring (bicyclic) bond motifs is 1. The first-order valence-electron chi connectivity index (χ1n) is 7.10. The Morgan fingerprint density at radius 3 is 2.45 bits per heavy atom. The summed E-state index contributed by atoms with van der Waals surface area (Å²) >= 11 is 0. The van der Waals surface area contributed by atoms with E-state index in [9.17, 15) is 0 Å². The zero-order chi connectivity index (χ0) is 15.5. The lowest BCUT2D eigenvalue weighted by atomic mass is 9.99. The van der Waals surface area contributed by atoms with E-state index in [2.05, 4.69) is 22.0 Å². The number of nitriles is 1. The van der Waals surface area contributed by atoms with Crippen LogP contribution in [0.5, 0.6) is 11.5 Å². The Morgan fingerprint density at radius 2 is 1.86 bits per heavy atom. The first kappa shape index (κ1) is 14.2. The topological polar surface area (TPSA) is 58.4 Å². The maximum atomic E-state index is 8.85. The fourth-order valence-corrected chi connectivity index (χ4v) is 2.72. The molecule has 112 valence electrons. The molecule has 1 aliphatic rings. The summed E-state index contributed by atoms with van der Waals surface area (Å²) in [7, 11) is 3.30. The van der Waals surface area contributed by atoms with Crippen molar-refractivity contribution in [3.8, 4) is 17.6 Å². The minimum absolute atomic E-state index is 0.576. The van der Waals surface area contributed by atoms with Gasteiger partial charge in [0.15, 0.2) is 11.5 Å². The number of benzene rings is 1. The molecule has 1 aliphatic heterocycles. The van der Waals surface area contributed by atoms with Gasteiger partial charge in [-0.25, -0.2) is 4.98 Å². The number of hydrogen-bond acceptors (Lipinski definition) is 5. The van der Waals surface area contributed by atoms with Crippen LogP contribution in [-0.2, 0) is 13.0 Å². The second kappa shape index (κ2) is 5.94. The van der Waals surface area contributed by atoms with Crippen molar-refractivity contribution in [2.24, 2.45) is 0 Å². The van der Waals surface area contributed by atoms with E-state index in [0.717, 1.165) is 36.8 Å². The molecule has 5 heteroatoms. The standard InChI is InChI=1S/C17H17N3O2/c1-21-15-7-13-5-6-20(11-14(13)8-16(15)22-2)17-4-3-12(9-18)10-19-17/h3-4,7-8,10H,5-6,11H2,1-2H3. The van der Waals surface area contributed by atoms with Gasteiger partial charge < -0.3 is 14.4 Å². The Hall–Kier alpha value is -2.74. The average Bonchev–Trinajstić information content (AvgIpc) is 2.60. The summed E-state index contributed by atoms with van der Waals surface area (Å²) in [4.78, 5) is 6.57. The van der Waals surface area contributed by atoms with Crippen LogP contribution in [0.1, 0.15) is 16.7 Å². The van der Waals surface area contributed by atoms with Crippen molar-refractivity contribution in [1.29, 1.82) is 5.26 Å². The van der Waals surface area contributed by atoms with Gasteiger partial charge in [0.25, 0.3) is 0 Å². The molecule has 0 saturated carbocycles. The molecule has 0 saturated heterocycles. The number of anilines is 1. The summed E-state index contributed by atoms with van der Waals surface area (Å²) in [6.45, 7) is 1.66. The Kier molecular flexibility index (Phi) is 3.84. The van der Waals surface area contributed by atoms with Crippen molar-refractivity contribution < 1.29 is 9.47 Å². The zero-order valence-electron chi connectivity index (χ0n) is 12.7. The summed E-state index contributed by atoms with van der Waals surface area (Å²) in [6, 6.07) is 9.87. The first-order valence-corrected chi connectivity index (χ1v) is 7.10. The molecule has 0 N–H and O–H groups in total. The smallest absolute Gasteiger partial charge is 0.161 e. The third kappa shape index (κ3) is 2.56. The van der Waals surface area contributed by atoms with Gasteiger partial charge in [0.1, 0.15) is 11.9 Å². The van der Waals surface area contributed by atoms with Crippen molar-refractivity contribution in [3.63, 3.8) is 0 Å². The molecular weight excluding hydrogens is 278 g/mol. The maximum absolute atomic E-state index is 8.85. The van der Waals surface area contributed by atoms with Gasteiger partial charge in [-0.15, -0.1) is 0 Å². The van der Waals surface area contributed by atoms with Crippen molar-refractivity contribution in [2.75, 3.05) is 25.7 Å². The quantitative estimate of drug-likeness (QED) is 0.871. The molecule has 2 heterocycles. The first-order chi connectivity index (χ1) is 10.7. The summed E-state index contributed by atoms with van der Waals surface area (Å²) in [5.41, 5.74) is 3.07. The van der Waals surface area contributed by atoms with Crippen molar-refractivity contribution in [2.45, 2.75) is 13.0 Å². The maximum Gasteiger partial charge on any atom is 0.161 e. The van der Waals surface area contributed by atoms with Crippen LogP contribution in [0.15, 0.2) is 30.5 Å². The van der Waals surface area contributed by atoms with Gasteiger partial charge in [0.05, 0.1) is 19.8 Å². The minimum Gasteiger partial charge on any atom is -0.493 e. The Labute approximate surface area is 129 Å². The summed E-state index contributed by atoms with van der Waals surface area (Å²) in [5.74, 6) is 2.40. The average molecular weight is 295 g/mol. The summed E-state index contributed by atoms with van der Waals surface area (Å²) < 4.78 is 10.7. The SMILES string of the molecule is COc1cc2c(cc1OC)CN(c1ccc(C#N)cn1)CC2. The van der Waals surface area contributed by atoms with Gasteiger partial charge in [-0.05, 0) is 41.8 Å². The van der Waals surface area contributed by atoms with Crippen LogP contribution >= 0.6 is 0 Å². The molecule has 5 nitrogen and oxygen atoms in total. The van der Waals surface area contributed by atoms with E-state index in [1.807, 2.05) is 12.1 Å². The highest BCUT2D eigenvalue weighted by molar-refractivity contribution is 5.52. The Balaban J connectivity index is 1.88. The number of rotatable bonds is 3. The third-order valence-corrected chi connectivity index (χ3v) is 3.92. The third-order valence-electron chi connectivity index (χ3n) is 3.92. The van der Waals surface area contributed by atoms with E-state index in [1.165, 1.54) is 11.1 Å². The number of hydrogen-bond donors (Lipinski definition) is 0. The molecule has 3 rings (SSSR count). The fourth-order valence-electron chi connectivity index (χ4n) is 2.72. The number of ether oxygens (including phenoxy) is 2. The molecule has 22 heavy (non-hydrogen) atoms. The molecule has 1 aromatic heterocycles. The van der Waals surface area contributed by atoms with E-state index in [4.69, 9.17) is 14.7 Å². The monoisotopic (exact) mass is 295 g/mol. The molecule has 0 fully saturated rings. The van der Waals surface area contributed by atoms with Crippen LogP contribution in [0.25, 0.3) is 0 Å². The van der Waals surface area contributed by atoms with Gasteiger partial charge >= 0.3 is 0 Å². The van der Waals surface area contributed by atoms with Crippen LogP contribution < -0.4 is 14.4 Å². The van der Waals surface area contributed by atoms with Crippen molar-refractivity contribution >= 4 is 5.82 Å². The van der Waals surface area contributed by atoms with Crippen LogP contribution in [0.4, 0.5) is 5.82 Å². The van der Waals surface area contributed by atoms with E-state index in [0.29, 0.717) is 5.56 Å². The molecule has 0 bridgehead atoms. The number of nitrogens with zero attached hydrogens (tertiary/aromatic N) is 3. The molecule has 0 spiro atoms. The highest BCUT2D eigenvalue weighted by Gasteiger charge is 2.20. The van der Waals surface area contributed by atoms with E-state index in [1.54, 1.807) is 26.5 Å². The molecule has 0 unspecified atom stereocenters. The Bertz CT molecular complexity index is 720. The van der Waals surface area contributed by atoms with Gasteiger partial charge in [-0.1, -0.05) is 0 Å². The highest BCUT2D eigenvalue weighted by Crippen LogP contribution is 2.34. The van der Waals surface area contributed by atoms with Crippen LogP contribution in [-0.4, -0.2) is 25.7 Å². The van der Waals surface area contributed by atoms with Crippen molar-refractivity contribution in [3.05, 3.63) is 47.2 Å². The summed E-state index contributed by atoms with van der Waals surface area (Å²) in [5, 5.41) is 8.85. The molecular formula is C17H17N3O2. The second-order valence-electron chi connectivity index (χ2n) is 5.16. The van der Waals surface area contributed by atoms with Gasteiger partial charge in [0.2, 0.25) is 0 Å². The lowest BCUT2D eigenvalue weighted by Crippen LogP contribution is -2.31. The van der Waals surface area contributed by atoms with Crippen molar-refractivity contribution in [1.82, 2.24) is 4.98 Å². The second-order valence-corrected chi connectivity index (χ2v) is 5.16. The zero-order valence-corrected chi connectivity index (χ0v) is 12.7. The normalized spacial score (nSPS) is 13.2. The molecule has 0 atom stereocenters. The van der Waals surface area contributed by atoms with Crippen LogP contribution in [0.2, 0.25) is 0 Å². The molecule has 0 aliphatic carbocycles. The van der Waals surface area contributed by atoms with E-state index in [-0.39, 0.29) is 0 Å². The lowest BCUT2D eigenvalue weighted by Gasteiger charge is -2.30. The molecule has 0 radical (unpaired) electrons. The van der Waals surface area contributed by atoms with Gasteiger partial charge in [-0.3, -0.25) is 0 Å². The predicted molar refractivity (Wildman–Crippen MR) is 83.3 cm³/mol. The minimum atomic E-state index is 0.576. The fraction of sp³-hybridized carbons (Fsp3) is 0.294. The number of methoxy groups -OCH3 is 2. The number of pyridine rings is 1. The predicted octanol–water partition coefficient (Wildman–Crippen LogP) is 2.53. The van der Waals surface area contributed by atoms with E-state index < -0.39 is 0 Å². The van der Waals surface area contributed by atoms with Gasteiger partial charge in [0, 0.05) is 19.3 Å². The number of aromatic nitrogens is 1. The van der Waals surface area contributed by atoms with Gasteiger partial charge in [-0.2, -0.15) is 5.26 Å². The molecule has 2 aromatic rings. The van der Waals surface area contributed by atoms with E-state index >= 15 is 0 Å². The molecule has 1 aromatic carbocycles. The van der Waals surface area contributed by atoms with Crippen LogP contribution in [0.3, 0.4) is 0 Å². The van der Waals surface area contributed by atoms with Crippen LogP contribution in [0, 0.1) is 11.3 Å². The molecule has 0 amide bonds. The Morgan fingerprint density at radius 1 is 1.14 bits per heavy atom.